The Kier molecular flexibility index (Phi) is 12.8. The van der Waals surface area contributed by atoms with E-state index in [-0.39, 0.29) is 42.1 Å². The molecule has 4 amide bonds. The maximum absolute atomic E-state index is 14.1. The normalized spacial score (nSPS) is 22.8. The van der Waals surface area contributed by atoms with Crippen molar-refractivity contribution in [3.63, 3.8) is 0 Å². The molecule has 10 heteroatoms. The molecular formula is C33H52ClN5O4. The lowest BCUT2D eigenvalue weighted by Gasteiger charge is -2.44. The molecule has 3 N–H and O–H groups in total. The highest BCUT2D eigenvalue weighted by Gasteiger charge is 2.37. The zero-order valence-corrected chi connectivity index (χ0v) is 26.9. The zero-order valence-electron chi connectivity index (χ0n) is 26.1. The van der Waals surface area contributed by atoms with Crippen molar-refractivity contribution in [1.82, 2.24) is 25.3 Å². The van der Waals surface area contributed by atoms with Gasteiger partial charge in [-0.05, 0) is 89.3 Å². The third-order valence-corrected chi connectivity index (χ3v) is 10.0. The van der Waals surface area contributed by atoms with Crippen molar-refractivity contribution >= 4 is 29.6 Å². The second-order valence-corrected chi connectivity index (χ2v) is 13.0. The molecular weight excluding hydrogens is 566 g/mol. The van der Waals surface area contributed by atoms with Crippen LogP contribution in [0.1, 0.15) is 96.5 Å². The zero-order chi connectivity index (χ0) is 30.8. The largest absolute Gasteiger partial charge is 0.465 e. The van der Waals surface area contributed by atoms with Crippen LogP contribution in [0, 0.1) is 0 Å². The minimum Gasteiger partial charge on any atom is -0.465 e. The number of likely N-dealkylation sites (tertiary alicyclic amines) is 1. The van der Waals surface area contributed by atoms with Crippen LogP contribution in [0.25, 0.3) is 0 Å². The minimum atomic E-state index is -0.980. The number of carboxylic acid groups (broad SMARTS) is 1. The van der Waals surface area contributed by atoms with E-state index in [1.807, 2.05) is 34.1 Å². The highest BCUT2D eigenvalue weighted by molar-refractivity contribution is 6.30. The predicted molar refractivity (Wildman–Crippen MR) is 171 cm³/mol. The van der Waals surface area contributed by atoms with Gasteiger partial charge in [-0.2, -0.15) is 0 Å². The van der Waals surface area contributed by atoms with Gasteiger partial charge >= 0.3 is 12.1 Å². The number of benzene rings is 1. The number of halogens is 1. The molecule has 0 spiro atoms. The summed E-state index contributed by atoms with van der Waals surface area (Å²) < 4.78 is 0. The summed E-state index contributed by atoms with van der Waals surface area (Å²) in [5.41, 5.74) is 1.05. The number of urea groups is 1. The van der Waals surface area contributed by atoms with Gasteiger partial charge in [0.15, 0.2) is 0 Å². The van der Waals surface area contributed by atoms with Crippen LogP contribution in [0.5, 0.6) is 0 Å². The molecule has 1 saturated heterocycles. The average Bonchev–Trinajstić information content (AvgIpc) is 3.29. The van der Waals surface area contributed by atoms with E-state index in [9.17, 15) is 14.4 Å². The topological polar surface area (TPSA) is 105 Å². The molecule has 1 aromatic carbocycles. The number of carbonyl (C=O) groups excluding carboxylic acids is 2. The fourth-order valence-corrected chi connectivity index (χ4v) is 7.45. The van der Waals surface area contributed by atoms with Crippen LogP contribution in [-0.4, -0.2) is 94.2 Å². The lowest BCUT2D eigenvalue weighted by Crippen LogP contribution is -2.58. The summed E-state index contributed by atoms with van der Waals surface area (Å²) in [6.45, 7) is 6.82. The van der Waals surface area contributed by atoms with Crippen molar-refractivity contribution in [2.45, 2.75) is 128 Å². The first-order valence-corrected chi connectivity index (χ1v) is 17.0. The Morgan fingerprint density at radius 1 is 0.860 bits per heavy atom. The molecule has 3 aliphatic rings. The highest BCUT2D eigenvalue weighted by Crippen LogP contribution is 2.29. The Morgan fingerprint density at radius 2 is 1.42 bits per heavy atom. The van der Waals surface area contributed by atoms with Gasteiger partial charge in [0.1, 0.15) is 0 Å². The lowest BCUT2D eigenvalue weighted by molar-refractivity contribution is -0.135. The molecule has 9 nitrogen and oxygen atoms in total. The number of nitrogens with zero attached hydrogens (tertiary/aromatic N) is 3. The second kappa shape index (κ2) is 16.5. The molecule has 43 heavy (non-hydrogen) atoms. The smallest absolute Gasteiger partial charge is 0.404 e. The van der Waals surface area contributed by atoms with E-state index in [4.69, 9.17) is 16.7 Å². The molecule has 2 saturated carbocycles. The van der Waals surface area contributed by atoms with Crippen molar-refractivity contribution < 1.29 is 19.5 Å². The van der Waals surface area contributed by atoms with Crippen molar-refractivity contribution in [2.75, 3.05) is 26.2 Å². The molecule has 4 rings (SSSR count). The maximum Gasteiger partial charge on any atom is 0.404 e. The van der Waals surface area contributed by atoms with Gasteiger partial charge in [-0.15, -0.1) is 0 Å². The third-order valence-electron chi connectivity index (χ3n) is 9.79. The SMILES string of the molecule is CCN(CC)C(=O)N(C1CCCCCC1)C1CCN(C(=O)[C@@H](Cc2ccc(Cl)cc2)NC2CCC(NC(=O)O)CC2)CC1. The van der Waals surface area contributed by atoms with Gasteiger partial charge in [-0.3, -0.25) is 4.79 Å². The fourth-order valence-electron chi connectivity index (χ4n) is 7.33. The molecule has 1 atom stereocenters. The average molecular weight is 618 g/mol. The number of hydrogen-bond acceptors (Lipinski definition) is 4. The molecule has 0 unspecified atom stereocenters. The van der Waals surface area contributed by atoms with Crippen LogP contribution in [0.4, 0.5) is 9.59 Å². The summed E-state index contributed by atoms with van der Waals surface area (Å²) in [6, 6.07) is 8.04. The first kappa shape index (κ1) is 33.4. The summed E-state index contributed by atoms with van der Waals surface area (Å²) in [7, 11) is 0. The summed E-state index contributed by atoms with van der Waals surface area (Å²) in [5, 5.41) is 16.0. The molecule has 0 aromatic heterocycles. The second-order valence-electron chi connectivity index (χ2n) is 12.6. The first-order chi connectivity index (χ1) is 20.8. The van der Waals surface area contributed by atoms with Crippen molar-refractivity contribution in [3.8, 4) is 0 Å². The van der Waals surface area contributed by atoms with E-state index < -0.39 is 6.09 Å². The van der Waals surface area contributed by atoms with Gasteiger partial charge in [0, 0.05) is 55.4 Å². The van der Waals surface area contributed by atoms with E-state index in [1.54, 1.807) is 0 Å². The van der Waals surface area contributed by atoms with Crippen LogP contribution < -0.4 is 10.6 Å². The molecule has 0 radical (unpaired) electrons. The predicted octanol–water partition coefficient (Wildman–Crippen LogP) is 5.90. The van der Waals surface area contributed by atoms with Crippen molar-refractivity contribution in [2.24, 2.45) is 0 Å². The summed E-state index contributed by atoms with van der Waals surface area (Å²) in [4.78, 5) is 45.1. The minimum absolute atomic E-state index is 0.0320. The number of amides is 4. The first-order valence-electron chi connectivity index (χ1n) is 16.6. The molecule has 2 aliphatic carbocycles. The molecule has 1 heterocycles. The third kappa shape index (κ3) is 9.48. The fraction of sp³-hybridized carbons (Fsp3) is 0.727. The van der Waals surface area contributed by atoms with E-state index >= 15 is 0 Å². The van der Waals surface area contributed by atoms with Crippen LogP contribution >= 0.6 is 11.6 Å². The van der Waals surface area contributed by atoms with Crippen molar-refractivity contribution in [1.29, 1.82) is 0 Å². The summed E-state index contributed by atoms with van der Waals surface area (Å²) in [6.07, 6.45) is 11.3. The number of carbonyl (C=O) groups is 3. The summed E-state index contributed by atoms with van der Waals surface area (Å²) >= 11 is 6.13. The van der Waals surface area contributed by atoms with Gasteiger partial charge in [-0.1, -0.05) is 49.4 Å². The Morgan fingerprint density at radius 3 is 1.98 bits per heavy atom. The molecule has 3 fully saturated rings. The van der Waals surface area contributed by atoms with Crippen LogP contribution in [0.2, 0.25) is 5.02 Å². The number of piperidine rings is 1. The van der Waals surface area contributed by atoms with Crippen LogP contribution in [-0.2, 0) is 11.2 Å². The van der Waals surface area contributed by atoms with E-state index in [2.05, 4.69) is 29.4 Å². The Balaban J connectivity index is 1.43. The Labute approximate surface area is 262 Å². The number of nitrogens with one attached hydrogen (secondary N) is 2. The Bertz CT molecular complexity index is 1030. The van der Waals surface area contributed by atoms with Gasteiger partial charge in [0.2, 0.25) is 5.91 Å². The molecule has 0 bridgehead atoms. The Hall–Kier alpha value is -2.52. The maximum atomic E-state index is 14.1. The van der Waals surface area contributed by atoms with E-state index in [0.29, 0.717) is 37.6 Å². The van der Waals surface area contributed by atoms with Gasteiger partial charge in [-0.25, -0.2) is 9.59 Å². The lowest BCUT2D eigenvalue weighted by atomic mass is 9.90. The van der Waals surface area contributed by atoms with E-state index in [0.717, 1.165) is 56.9 Å². The molecule has 240 valence electrons. The van der Waals surface area contributed by atoms with Gasteiger partial charge in [0.25, 0.3) is 0 Å². The van der Waals surface area contributed by atoms with E-state index in [1.165, 1.54) is 25.7 Å². The standard InChI is InChI=1S/C33H52ClN5O4/c1-3-37(4-2)33(43)39(28-9-7-5-6-8-10-28)29-19-21-38(22-20-29)31(40)30(23-24-11-13-25(34)14-12-24)35-26-15-17-27(18-16-26)36-32(41)42/h11-14,26-30,35-36H,3-10,15-23H2,1-2H3,(H,41,42)/t26?,27?,30-/m1/s1. The monoisotopic (exact) mass is 617 g/mol. The van der Waals surface area contributed by atoms with Crippen molar-refractivity contribution in [3.05, 3.63) is 34.9 Å². The van der Waals surface area contributed by atoms with Crippen LogP contribution in [0.3, 0.4) is 0 Å². The van der Waals surface area contributed by atoms with Gasteiger partial charge in [0.05, 0.1) is 6.04 Å². The molecule has 1 aromatic rings. The van der Waals surface area contributed by atoms with Crippen LogP contribution in [0.15, 0.2) is 24.3 Å². The summed E-state index contributed by atoms with van der Waals surface area (Å²) in [5.74, 6) is 0.107. The van der Waals surface area contributed by atoms with Gasteiger partial charge < -0.3 is 30.4 Å². The molecule has 1 aliphatic heterocycles. The quantitative estimate of drug-likeness (QED) is 0.284. The highest BCUT2D eigenvalue weighted by atomic mass is 35.5. The number of rotatable bonds is 10. The number of hydrogen-bond donors (Lipinski definition) is 3.